The maximum absolute atomic E-state index is 5.30. The number of nitrogens with zero attached hydrogens (tertiary/aromatic N) is 3. The first kappa shape index (κ1) is 13.1. The number of aromatic nitrogens is 3. The zero-order valence-corrected chi connectivity index (χ0v) is 10.6. The Labute approximate surface area is 97.2 Å². The molecule has 5 nitrogen and oxygen atoms in total. The van der Waals surface area contributed by atoms with Gasteiger partial charge in [0.15, 0.2) is 0 Å². The Kier molecular flexibility index (Phi) is 5.42. The molecule has 1 aromatic rings. The molecule has 0 spiro atoms. The minimum Gasteiger partial charge on any atom is -0.301 e. The van der Waals surface area contributed by atoms with Crippen molar-refractivity contribution >= 4 is 0 Å². The highest BCUT2D eigenvalue weighted by atomic mass is 16.6. The summed E-state index contributed by atoms with van der Waals surface area (Å²) in [6, 6.07) is 0. The van der Waals surface area contributed by atoms with Crippen molar-refractivity contribution in [2.24, 2.45) is 11.8 Å². The first-order valence-corrected chi connectivity index (χ1v) is 5.81. The van der Waals surface area contributed by atoms with Gasteiger partial charge in [-0.2, -0.15) is 10.6 Å². The van der Waals surface area contributed by atoms with E-state index in [0.29, 0.717) is 25.0 Å². The maximum atomic E-state index is 5.30. The third kappa shape index (κ3) is 4.72. The fourth-order valence-corrected chi connectivity index (χ4v) is 1.26. The van der Waals surface area contributed by atoms with E-state index in [9.17, 15) is 0 Å². The predicted octanol–water partition coefficient (Wildman–Crippen LogP) is 1.61. The summed E-state index contributed by atoms with van der Waals surface area (Å²) in [7, 11) is 0. The SMILES string of the molecule is CC(C)CONCc1ncnn1CC(C)C. The Morgan fingerprint density at radius 2 is 2.06 bits per heavy atom. The van der Waals surface area contributed by atoms with Crippen LogP contribution >= 0.6 is 0 Å². The zero-order chi connectivity index (χ0) is 12.0. The first-order chi connectivity index (χ1) is 7.59. The molecule has 0 fully saturated rings. The lowest BCUT2D eigenvalue weighted by molar-refractivity contribution is 0.0176. The highest BCUT2D eigenvalue weighted by molar-refractivity contribution is 4.82. The minimum absolute atomic E-state index is 0.529. The average molecular weight is 226 g/mol. The summed E-state index contributed by atoms with van der Waals surface area (Å²) in [6.45, 7) is 10.7. The molecule has 0 aromatic carbocycles. The number of hydroxylamine groups is 1. The molecule has 16 heavy (non-hydrogen) atoms. The van der Waals surface area contributed by atoms with E-state index in [1.54, 1.807) is 6.33 Å². The number of rotatable bonds is 7. The van der Waals surface area contributed by atoms with Crippen LogP contribution in [0.1, 0.15) is 33.5 Å². The fraction of sp³-hybridized carbons (Fsp3) is 0.818. The van der Waals surface area contributed by atoms with E-state index >= 15 is 0 Å². The quantitative estimate of drug-likeness (QED) is 0.567. The highest BCUT2D eigenvalue weighted by Crippen LogP contribution is 2.01. The highest BCUT2D eigenvalue weighted by Gasteiger charge is 2.05. The van der Waals surface area contributed by atoms with Gasteiger partial charge in [-0.15, -0.1) is 0 Å². The Morgan fingerprint density at radius 1 is 1.31 bits per heavy atom. The Bertz CT molecular complexity index is 296. The van der Waals surface area contributed by atoms with E-state index in [1.165, 1.54) is 0 Å². The molecule has 0 aliphatic carbocycles. The summed E-state index contributed by atoms with van der Waals surface area (Å²) in [4.78, 5) is 9.49. The van der Waals surface area contributed by atoms with Crippen molar-refractivity contribution < 1.29 is 4.84 Å². The number of hydrogen-bond acceptors (Lipinski definition) is 4. The van der Waals surface area contributed by atoms with Gasteiger partial charge in [0.05, 0.1) is 13.2 Å². The molecule has 1 heterocycles. The van der Waals surface area contributed by atoms with Crippen LogP contribution in [-0.2, 0) is 17.9 Å². The molecule has 0 saturated carbocycles. The van der Waals surface area contributed by atoms with Crippen LogP contribution in [0.3, 0.4) is 0 Å². The molecule has 5 heteroatoms. The molecular formula is C11H22N4O. The van der Waals surface area contributed by atoms with Crippen LogP contribution in [0.25, 0.3) is 0 Å². The van der Waals surface area contributed by atoms with Gasteiger partial charge in [-0.05, 0) is 11.8 Å². The summed E-state index contributed by atoms with van der Waals surface area (Å²) in [5.74, 6) is 2.01. The summed E-state index contributed by atoms with van der Waals surface area (Å²) in [5.41, 5.74) is 2.91. The van der Waals surface area contributed by atoms with Crippen molar-refractivity contribution in [3.05, 3.63) is 12.2 Å². The zero-order valence-electron chi connectivity index (χ0n) is 10.6. The second-order valence-corrected chi connectivity index (χ2v) is 4.78. The monoisotopic (exact) mass is 226 g/mol. The molecule has 0 bridgehead atoms. The molecule has 1 aromatic heterocycles. The lowest BCUT2D eigenvalue weighted by atomic mass is 10.2. The van der Waals surface area contributed by atoms with Crippen molar-refractivity contribution in [1.29, 1.82) is 0 Å². The van der Waals surface area contributed by atoms with Crippen LogP contribution in [-0.4, -0.2) is 21.4 Å². The van der Waals surface area contributed by atoms with E-state index < -0.39 is 0 Å². The minimum atomic E-state index is 0.529. The molecule has 0 atom stereocenters. The van der Waals surface area contributed by atoms with Crippen molar-refractivity contribution in [3.8, 4) is 0 Å². The molecule has 0 aliphatic rings. The van der Waals surface area contributed by atoms with Crippen LogP contribution in [0.2, 0.25) is 0 Å². The molecule has 1 N–H and O–H groups in total. The van der Waals surface area contributed by atoms with Crippen LogP contribution < -0.4 is 5.48 Å². The van der Waals surface area contributed by atoms with E-state index in [1.807, 2.05) is 4.68 Å². The van der Waals surface area contributed by atoms with E-state index in [4.69, 9.17) is 4.84 Å². The van der Waals surface area contributed by atoms with Gasteiger partial charge in [-0.3, -0.25) is 0 Å². The standard InChI is InChI=1S/C11H22N4O/c1-9(2)6-15-11(12-8-13-15)5-14-16-7-10(3)4/h8-10,14H,5-7H2,1-4H3. The van der Waals surface area contributed by atoms with Gasteiger partial charge in [-0.25, -0.2) is 9.67 Å². The van der Waals surface area contributed by atoms with Gasteiger partial charge >= 0.3 is 0 Å². The Balaban J connectivity index is 2.33. The van der Waals surface area contributed by atoms with Crippen molar-refractivity contribution in [2.75, 3.05) is 6.61 Å². The maximum Gasteiger partial charge on any atom is 0.143 e. The molecule has 0 amide bonds. The first-order valence-electron chi connectivity index (χ1n) is 5.81. The van der Waals surface area contributed by atoms with Gasteiger partial charge in [0.2, 0.25) is 0 Å². The fourth-order valence-electron chi connectivity index (χ4n) is 1.26. The largest absolute Gasteiger partial charge is 0.301 e. The number of hydrogen-bond donors (Lipinski definition) is 1. The third-order valence-corrected chi connectivity index (χ3v) is 1.98. The van der Waals surface area contributed by atoms with Crippen molar-refractivity contribution in [2.45, 2.75) is 40.8 Å². The van der Waals surface area contributed by atoms with Gasteiger partial charge < -0.3 is 4.84 Å². The molecule has 0 radical (unpaired) electrons. The van der Waals surface area contributed by atoms with Crippen molar-refractivity contribution in [3.63, 3.8) is 0 Å². The summed E-state index contributed by atoms with van der Waals surface area (Å²) >= 11 is 0. The smallest absolute Gasteiger partial charge is 0.143 e. The molecule has 0 saturated heterocycles. The summed E-state index contributed by atoms with van der Waals surface area (Å²) < 4.78 is 1.91. The van der Waals surface area contributed by atoms with Gasteiger partial charge in [0.25, 0.3) is 0 Å². The van der Waals surface area contributed by atoms with Gasteiger partial charge in [0.1, 0.15) is 12.2 Å². The molecule has 1 rings (SSSR count). The Hall–Kier alpha value is -0.940. The van der Waals surface area contributed by atoms with E-state index in [-0.39, 0.29) is 0 Å². The van der Waals surface area contributed by atoms with Gasteiger partial charge in [0, 0.05) is 6.54 Å². The molecule has 0 unspecified atom stereocenters. The van der Waals surface area contributed by atoms with E-state index in [0.717, 1.165) is 12.4 Å². The number of nitrogens with one attached hydrogen (secondary N) is 1. The van der Waals surface area contributed by atoms with Crippen molar-refractivity contribution in [1.82, 2.24) is 20.2 Å². The molecule has 0 aliphatic heterocycles. The normalized spacial score (nSPS) is 11.6. The lowest BCUT2D eigenvalue weighted by Crippen LogP contribution is -2.21. The van der Waals surface area contributed by atoms with Crippen LogP contribution in [0.15, 0.2) is 6.33 Å². The van der Waals surface area contributed by atoms with Crippen LogP contribution in [0, 0.1) is 11.8 Å². The average Bonchev–Trinajstić information content (AvgIpc) is 2.59. The second-order valence-electron chi connectivity index (χ2n) is 4.78. The molecule has 92 valence electrons. The second kappa shape index (κ2) is 6.60. The van der Waals surface area contributed by atoms with Crippen LogP contribution in [0.5, 0.6) is 0 Å². The third-order valence-electron chi connectivity index (χ3n) is 1.98. The Morgan fingerprint density at radius 3 is 2.69 bits per heavy atom. The van der Waals surface area contributed by atoms with Crippen LogP contribution in [0.4, 0.5) is 0 Å². The van der Waals surface area contributed by atoms with E-state index in [2.05, 4.69) is 43.3 Å². The summed E-state index contributed by atoms with van der Waals surface area (Å²) in [6.07, 6.45) is 1.59. The van der Waals surface area contributed by atoms with Gasteiger partial charge in [-0.1, -0.05) is 27.7 Å². The molecular weight excluding hydrogens is 204 g/mol. The summed E-state index contributed by atoms with van der Waals surface area (Å²) in [5, 5.41) is 4.18. The predicted molar refractivity (Wildman–Crippen MR) is 62.5 cm³/mol. The lowest BCUT2D eigenvalue weighted by Gasteiger charge is -2.10. The topological polar surface area (TPSA) is 52.0 Å².